The van der Waals surface area contributed by atoms with Gasteiger partial charge >= 0.3 is 0 Å². The molecule has 0 spiro atoms. The van der Waals surface area contributed by atoms with E-state index in [0.717, 1.165) is 37.6 Å². The van der Waals surface area contributed by atoms with E-state index in [0.29, 0.717) is 6.42 Å². The number of nitrogens with one attached hydrogen (secondary N) is 1. The normalized spacial score (nSPS) is 25.2. The lowest BCUT2D eigenvalue weighted by atomic mass is 9.99. The molecule has 2 unspecified atom stereocenters. The van der Waals surface area contributed by atoms with Gasteiger partial charge < -0.3 is 15.7 Å². The van der Waals surface area contributed by atoms with Gasteiger partial charge in [0.25, 0.3) is 0 Å². The number of aryl methyl sites for hydroxylation is 1. The van der Waals surface area contributed by atoms with Gasteiger partial charge in [-0.15, -0.1) is 5.10 Å². The molecule has 6 heteroatoms. The second-order valence-electron chi connectivity index (χ2n) is 4.65. The predicted octanol–water partition coefficient (Wildman–Crippen LogP) is 0.0456. The molecule has 1 aromatic rings. The highest BCUT2D eigenvalue weighted by molar-refractivity contribution is 5.32. The smallest absolute Gasteiger partial charge is 0.244 e. The molecule has 1 aliphatic heterocycles. The molecule has 1 aromatic heterocycles. The van der Waals surface area contributed by atoms with E-state index in [9.17, 15) is 0 Å². The lowest BCUT2D eigenvalue weighted by Crippen LogP contribution is -2.50. The van der Waals surface area contributed by atoms with Crippen LogP contribution in [0.25, 0.3) is 0 Å². The maximum absolute atomic E-state index is 8.77. The third-order valence-corrected chi connectivity index (χ3v) is 3.40. The average Bonchev–Trinajstić information content (AvgIpc) is 2.78. The van der Waals surface area contributed by atoms with Crippen LogP contribution >= 0.6 is 0 Å². The Bertz CT molecular complexity index is 353. The molecule has 0 radical (unpaired) electrons. The number of hydrogen-bond donors (Lipinski definition) is 3. The van der Waals surface area contributed by atoms with Crippen LogP contribution in [0.3, 0.4) is 0 Å². The molecule has 96 valence electrons. The van der Waals surface area contributed by atoms with Crippen molar-refractivity contribution in [3.63, 3.8) is 0 Å². The fourth-order valence-electron chi connectivity index (χ4n) is 2.23. The highest BCUT2D eigenvalue weighted by Gasteiger charge is 2.27. The van der Waals surface area contributed by atoms with Crippen LogP contribution < -0.4 is 10.6 Å². The fraction of sp³-hybridized carbons (Fsp3) is 0.818. The Kier molecular flexibility index (Phi) is 3.96. The van der Waals surface area contributed by atoms with Crippen LogP contribution in [0.15, 0.2) is 0 Å². The standard InChI is InChI=1S/C11H21N5O/c1-8-9(12)4-2-6-16(8)11-13-10(14-15-11)5-3-7-17/h8-9,17H,2-7,12H2,1H3,(H,13,14,15). The van der Waals surface area contributed by atoms with E-state index in [-0.39, 0.29) is 18.7 Å². The van der Waals surface area contributed by atoms with Crippen molar-refractivity contribution in [2.24, 2.45) is 5.73 Å². The van der Waals surface area contributed by atoms with Crippen LogP contribution in [0.4, 0.5) is 5.95 Å². The molecule has 0 saturated carbocycles. The van der Waals surface area contributed by atoms with E-state index in [1.165, 1.54) is 0 Å². The zero-order valence-corrected chi connectivity index (χ0v) is 10.3. The zero-order chi connectivity index (χ0) is 12.3. The number of H-pyrrole nitrogens is 1. The molecule has 0 bridgehead atoms. The SMILES string of the molecule is CC1C(N)CCCN1c1n[nH]c(CCCO)n1. The molecule has 17 heavy (non-hydrogen) atoms. The van der Waals surface area contributed by atoms with Crippen LogP contribution in [-0.2, 0) is 6.42 Å². The molecule has 4 N–H and O–H groups in total. The summed E-state index contributed by atoms with van der Waals surface area (Å²) in [5.41, 5.74) is 6.05. The topological polar surface area (TPSA) is 91.1 Å². The fourth-order valence-corrected chi connectivity index (χ4v) is 2.23. The van der Waals surface area contributed by atoms with Gasteiger partial charge in [-0.1, -0.05) is 0 Å². The second kappa shape index (κ2) is 5.46. The maximum Gasteiger partial charge on any atom is 0.244 e. The van der Waals surface area contributed by atoms with E-state index in [1.54, 1.807) is 0 Å². The van der Waals surface area contributed by atoms with Crippen molar-refractivity contribution in [1.29, 1.82) is 0 Å². The van der Waals surface area contributed by atoms with Crippen molar-refractivity contribution in [1.82, 2.24) is 15.2 Å². The summed E-state index contributed by atoms with van der Waals surface area (Å²) in [5, 5.41) is 15.9. The van der Waals surface area contributed by atoms with Gasteiger partial charge in [0.1, 0.15) is 5.82 Å². The number of piperidine rings is 1. The van der Waals surface area contributed by atoms with Crippen molar-refractivity contribution in [3.05, 3.63) is 5.82 Å². The molecule has 6 nitrogen and oxygen atoms in total. The Morgan fingerprint density at radius 1 is 1.59 bits per heavy atom. The molecule has 0 aromatic carbocycles. The third kappa shape index (κ3) is 2.76. The van der Waals surface area contributed by atoms with Crippen molar-refractivity contribution in [2.45, 2.75) is 44.7 Å². The largest absolute Gasteiger partial charge is 0.396 e. The number of nitrogens with zero attached hydrogens (tertiary/aromatic N) is 3. The summed E-state index contributed by atoms with van der Waals surface area (Å²) in [6.45, 7) is 3.26. The molecule has 0 amide bonds. The van der Waals surface area contributed by atoms with Crippen LogP contribution in [0, 0.1) is 0 Å². The molecular weight excluding hydrogens is 218 g/mol. The summed E-state index contributed by atoms with van der Waals surface area (Å²) >= 11 is 0. The first kappa shape index (κ1) is 12.3. The summed E-state index contributed by atoms with van der Waals surface area (Å²) in [5.74, 6) is 1.57. The van der Waals surface area contributed by atoms with Gasteiger partial charge in [-0.2, -0.15) is 4.98 Å². The van der Waals surface area contributed by atoms with E-state index >= 15 is 0 Å². The first-order valence-corrected chi connectivity index (χ1v) is 6.26. The molecule has 1 aliphatic rings. The van der Waals surface area contributed by atoms with Gasteiger partial charge in [0.15, 0.2) is 0 Å². The quantitative estimate of drug-likeness (QED) is 0.690. The van der Waals surface area contributed by atoms with Gasteiger partial charge in [-0.05, 0) is 26.2 Å². The number of aliphatic hydroxyl groups is 1. The van der Waals surface area contributed by atoms with Gasteiger partial charge in [0.05, 0.1) is 0 Å². The Morgan fingerprint density at radius 3 is 3.18 bits per heavy atom. The number of aromatic amines is 1. The van der Waals surface area contributed by atoms with E-state index in [4.69, 9.17) is 10.8 Å². The van der Waals surface area contributed by atoms with E-state index in [2.05, 4.69) is 27.0 Å². The number of anilines is 1. The molecule has 2 atom stereocenters. The van der Waals surface area contributed by atoms with Gasteiger partial charge in [0.2, 0.25) is 5.95 Å². The number of aromatic nitrogens is 3. The van der Waals surface area contributed by atoms with E-state index in [1.807, 2.05) is 0 Å². The Hall–Kier alpha value is -1.14. The summed E-state index contributed by atoms with van der Waals surface area (Å²) in [4.78, 5) is 6.61. The highest BCUT2D eigenvalue weighted by Crippen LogP contribution is 2.20. The number of aliphatic hydroxyl groups excluding tert-OH is 1. The minimum absolute atomic E-state index is 0.182. The van der Waals surface area contributed by atoms with E-state index < -0.39 is 0 Å². The van der Waals surface area contributed by atoms with Crippen LogP contribution in [0.5, 0.6) is 0 Å². The lowest BCUT2D eigenvalue weighted by molar-refractivity contribution is 0.287. The minimum Gasteiger partial charge on any atom is -0.396 e. The number of rotatable bonds is 4. The number of hydrogen-bond acceptors (Lipinski definition) is 5. The van der Waals surface area contributed by atoms with Gasteiger partial charge in [-0.25, -0.2) is 0 Å². The van der Waals surface area contributed by atoms with Crippen LogP contribution in [-0.4, -0.2) is 45.5 Å². The molecule has 2 rings (SSSR count). The molecular formula is C11H21N5O. The number of nitrogens with two attached hydrogens (primary N) is 1. The Morgan fingerprint density at radius 2 is 2.41 bits per heavy atom. The first-order valence-electron chi connectivity index (χ1n) is 6.26. The highest BCUT2D eigenvalue weighted by atomic mass is 16.2. The second-order valence-corrected chi connectivity index (χ2v) is 4.65. The van der Waals surface area contributed by atoms with Crippen LogP contribution in [0.2, 0.25) is 0 Å². The lowest BCUT2D eigenvalue weighted by Gasteiger charge is -2.36. The predicted molar refractivity (Wildman–Crippen MR) is 65.8 cm³/mol. The van der Waals surface area contributed by atoms with Gasteiger partial charge in [-0.3, -0.25) is 5.10 Å². The summed E-state index contributed by atoms with van der Waals surface area (Å²) in [6, 6.07) is 0.480. The Balaban J connectivity index is 2.03. The van der Waals surface area contributed by atoms with Crippen molar-refractivity contribution >= 4 is 5.95 Å². The zero-order valence-electron chi connectivity index (χ0n) is 10.3. The van der Waals surface area contributed by atoms with Crippen molar-refractivity contribution < 1.29 is 5.11 Å². The first-order chi connectivity index (χ1) is 8.22. The molecule has 1 saturated heterocycles. The Labute approximate surface area is 101 Å². The molecule has 0 aliphatic carbocycles. The third-order valence-electron chi connectivity index (χ3n) is 3.40. The molecule has 1 fully saturated rings. The van der Waals surface area contributed by atoms with Crippen molar-refractivity contribution in [2.75, 3.05) is 18.1 Å². The van der Waals surface area contributed by atoms with Crippen LogP contribution in [0.1, 0.15) is 32.0 Å². The van der Waals surface area contributed by atoms with Gasteiger partial charge in [0, 0.05) is 31.7 Å². The summed E-state index contributed by atoms with van der Waals surface area (Å²) < 4.78 is 0. The monoisotopic (exact) mass is 239 g/mol. The average molecular weight is 239 g/mol. The summed E-state index contributed by atoms with van der Waals surface area (Å²) in [7, 11) is 0. The maximum atomic E-state index is 8.77. The molecule has 2 heterocycles. The summed E-state index contributed by atoms with van der Waals surface area (Å²) in [6.07, 6.45) is 3.60. The van der Waals surface area contributed by atoms with Crippen molar-refractivity contribution in [3.8, 4) is 0 Å². The minimum atomic E-state index is 0.182.